The van der Waals surface area contributed by atoms with Gasteiger partial charge in [-0.05, 0) is 19.1 Å². The third kappa shape index (κ3) is 2.19. The van der Waals surface area contributed by atoms with Crippen LogP contribution in [0, 0.1) is 0 Å². The van der Waals surface area contributed by atoms with Crippen molar-refractivity contribution in [3.8, 4) is 0 Å². The molecule has 1 unspecified atom stereocenters. The minimum atomic E-state index is -0.929. The quantitative estimate of drug-likeness (QED) is 0.859. The zero-order valence-electron chi connectivity index (χ0n) is 10.9. The maximum Gasteiger partial charge on any atom is 0.262 e. The van der Waals surface area contributed by atoms with E-state index in [0.29, 0.717) is 16.3 Å². The van der Waals surface area contributed by atoms with Gasteiger partial charge in [0.15, 0.2) is 0 Å². The average molecular weight is 302 g/mol. The van der Waals surface area contributed by atoms with Crippen LogP contribution in [-0.4, -0.2) is 38.9 Å². The van der Waals surface area contributed by atoms with Crippen LogP contribution in [0.25, 0.3) is 0 Å². The largest absolute Gasteiger partial charge is 0.299 e. The fourth-order valence-electron chi connectivity index (χ4n) is 2.11. The van der Waals surface area contributed by atoms with Gasteiger partial charge in [-0.15, -0.1) is 10.2 Å². The van der Waals surface area contributed by atoms with Crippen LogP contribution in [0.1, 0.15) is 27.6 Å². The summed E-state index contributed by atoms with van der Waals surface area (Å²) in [6, 6.07) is 5.58. The van der Waals surface area contributed by atoms with Crippen LogP contribution in [0.15, 0.2) is 29.8 Å². The Morgan fingerprint density at radius 1 is 1.24 bits per heavy atom. The molecule has 1 aliphatic rings. The van der Waals surface area contributed by atoms with Crippen molar-refractivity contribution in [2.75, 3.05) is 5.32 Å². The Balaban J connectivity index is 1.83. The predicted molar refractivity (Wildman–Crippen MR) is 74.9 cm³/mol. The monoisotopic (exact) mass is 302 g/mol. The number of anilines is 1. The second-order valence-electron chi connectivity index (χ2n) is 4.43. The van der Waals surface area contributed by atoms with E-state index in [0.717, 1.165) is 16.2 Å². The summed E-state index contributed by atoms with van der Waals surface area (Å²) in [7, 11) is 0. The summed E-state index contributed by atoms with van der Waals surface area (Å²) in [6.07, 6.45) is 0. The van der Waals surface area contributed by atoms with E-state index < -0.39 is 23.8 Å². The van der Waals surface area contributed by atoms with E-state index in [-0.39, 0.29) is 0 Å². The lowest BCUT2D eigenvalue weighted by molar-refractivity contribution is -0.119. The number of nitrogens with one attached hydrogen (secondary N) is 1. The fraction of sp³-hybridized carbons (Fsp3) is 0.154. The number of hydrogen-bond donors (Lipinski definition) is 1. The molecule has 1 aromatic carbocycles. The van der Waals surface area contributed by atoms with Crippen molar-refractivity contribution in [3.05, 3.63) is 40.9 Å². The number of hydrogen-bond acceptors (Lipinski definition) is 6. The zero-order valence-corrected chi connectivity index (χ0v) is 11.8. The van der Waals surface area contributed by atoms with Gasteiger partial charge in [0.1, 0.15) is 11.6 Å². The first kappa shape index (κ1) is 13.4. The molecule has 0 fully saturated rings. The average Bonchev–Trinajstić information content (AvgIpc) is 3.07. The van der Waals surface area contributed by atoms with Crippen molar-refractivity contribution in [3.63, 3.8) is 0 Å². The second-order valence-corrected chi connectivity index (χ2v) is 5.27. The van der Waals surface area contributed by atoms with E-state index in [9.17, 15) is 14.4 Å². The van der Waals surface area contributed by atoms with Crippen molar-refractivity contribution < 1.29 is 14.4 Å². The number of rotatable bonds is 3. The molecule has 1 aromatic heterocycles. The number of carbonyl (C=O) groups excluding carboxylic acids is 3. The molecular formula is C13H10N4O3S. The first-order valence-corrected chi connectivity index (χ1v) is 7.01. The van der Waals surface area contributed by atoms with E-state index in [2.05, 4.69) is 15.5 Å². The summed E-state index contributed by atoms with van der Waals surface area (Å²) in [6.45, 7) is 1.50. The zero-order chi connectivity index (χ0) is 15.0. The standard InChI is InChI=1S/C13H10N4O3S/c1-7(10(18)15-13-16-14-6-21-13)17-11(19)8-4-2-3-5-9(8)12(17)20/h2-7H,1H3,(H,15,16,18). The van der Waals surface area contributed by atoms with Crippen molar-refractivity contribution in [1.29, 1.82) is 0 Å². The van der Waals surface area contributed by atoms with Crippen molar-refractivity contribution in [2.45, 2.75) is 13.0 Å². The maximum atomic E-state index is 12.3. The van der Waals surface area contributed by atoms with Crippen LogP contribution >= 0.6 is 11.3 Å². The van der Waals surface area contributed by atoms with Gasteiger partial charge in [-0.2, -0.15) is 0 Å². The van der Waals surface area contributed by atoms with Crippen LogP contribution in [0.4, 0.5) is 5.13 Å². The molecule has 0 aliphatic carbocycles. The molecule has 0 saturated carbocycles. The molecule has 8 heteroatoms. The normalized spacial score (nSPS) is 15.0. The fourth-order valence-corrected chi connectivity index (χ4v) is 2.56. The molecule has 3 amide bonds. The Hall–Kier alpha value is -2.61. The van der Waals surface area contributed by atoms with E-state index in [4.69, 9.17) is 0 Å². The predicted octanol–water partition coefficient (Wildman–Crippen LogP) is 1.16. The minimum absolute atomic E-state index is 0.318. The molecule has 1 N–H and O–H groups in total. The summed E-state index contributed by atoms with van der Waals surface area (Å²) in [5.41, 5.74) is 2.11. The molecule has 3 rings (SSSR count). The molecule has 1 atom stereocenters. The van der Waals surface area contributed by atoms with Gasteiger partial charge in [0.25, 0.3) is 11.8 Å². The molecule has 7 nitrogen and oxygen atoms in total. The lowest BCUT2D eigenvalue weighted by atomic mass is 10.1. The molecule has 0 spiro atoms. The molecule has 2 heterocycles. The van der Waals surface area contributed by atoms with Crippen LogP contribution in [0.3, 0.4) is 0 Å². The number of amides is 3. The van der Waals surface area contributed by atoms with Crippen LogP contribution in [0.5, 0.6) is 0 Å². The topological polar surface area (TPSA) is 92.3 Å². The number of carbonyl (C=O) groups is 3. The van der Waals surface area contributed by atoms with Gasteiger partial charge in [-0.3, -0.25) is 24.6 Å². The van der Waals surface area contributed by atoms with Gasteiger partial charge in [0, 0.05) is 0 Å². The summed E-state index contributed by atoms with van der Waals surface area (Å²) in [5, 5.41) is 10.1. The SMILES string of the molecule is CC(C(=O)Nc1nncs1)N1C(=O)c2ccccc2C1=O. The van der Waals surface area contributed by atoms with E-state index >= 15 is 0 Å². The number of benzene rings is 1. The Kier molecular flexibility index (Phi) is 3.22. The van der Waals surface area contributed by atoms with E-state index in [1.54, 1.807) is 24.3 Å². The van der Waals surface area contributed by atoms with Crippen LogP contribution in [-0.2, 0) is 4.79 Å². The minimum Gasteiger partial charge on any atom is -0.299 e. The highest BCUT2D eigenvalue weighted by molar-refractivity contribution is 7.13. The lowest BCUT2D eigenvalue weighted by Gasteiger charge is -2.20. The summed E-state index contributed by atoms with van der Waals surface area (Å²) < 4.78 is 0. The van der Waals surface area contributed by atoms with Gasteiger partial charge in [-0.1, -0.05) is 23.5 Å². The summed E-state index contributed by atoms with van der Waals surface area (Å²) >= 11 is 1.16. The summed E-state index contributed by atoms with van der Waals surface area (Å²) in [5.74, 6) is -1.41. The Bertz CT molecular complexity index is 694. The molecule has 2 aromatic rings. The van der Waals surface area contributed by atoms with Crippen molar-refractivity contribution in [1.82, 2.24) is 15.1 Å². The van der Waals surface area contributed by atoms with Gasteiger partial charge in [0.2, 0.25) is 11.0 Å². The second kappa shape index (κ2) is 5.06. The van der Waals surface area contributed by atoms with E-state index in [1.165, 1.54) is 12.4 Å². The molecular weight excluding hydrogens is 292 g/mol. The number of imide groups is 1. The molecule has 1 aliphatic heterocycles. The molecule has 0 saturated heterocycles. The smallest absolute Gasteiger partial charge is 0.262 e. The van der Waals surface area contributed by atoms with Gasteiger partial charge < -0.3 is 0 Å². The summed E-state index contributed by atoms with van der Waals surface area (Å²) in [4.78, 5) is 37.6. The number of fused-ring (bicyclic) bond motifs is 1. The highest BCUT2D eigenvalue weighted by Gasteiger charge is 2.40. The maximum absolute atomic E-state index is 12.3. The Morgan fingerprint density at radius 3 is 2.38 bits per heavy atom. The number of aromatic nitrogens is 2. The molecule has 0 bridgehead atoms. The van der Waals surface area contributed by atoms with Crippen molar-refractivity contribution in [2.24, 2.45) is 0 Å². The Labute approximate surface area is 123 Å². The first-order chi connectivity index (χ1) is 10.1. The van der Waals surface area contributed by atoms with Gasteiger partial charge in [0.05, 0.1) is 11.1 Å². The molecule has 21 heavy (non-hydrogen) atoms. The van der Waals surface area contributed by atoms with Crippen LogP contribution < -0.4 is 5.32 Å². The van der Waals surface area contributed by atoms with Gasteiger partial charge >= 0.3 is 0 Å². The van der Waals surface area contributed by atoms with Crippen LogP contribution in [0.2, 0.25) is 0 Å². The number of nitrogens with zero attached hydrogens (tertiary/aromatic N) is 3. The molecule has 0 radical (unpaired) electrons. The van der Waals surface area contributed by atoms with E-state index in [1.807, 2.05) is 0 Å². The first-order valence-electron chi connectivity index (χ1n) is 6.13. The Morgan fingerprint density at radius 2 is 1.86 bits per heavy atom. The lowest BCUT2D eigenvalue weighted by Crippen LogP contribution is -2.45. The highest BCUT2D eigenvalue weighted by atomic mass is 32.1. The van der Waals surface area contributed by atoms with Crippen molar-refractivity contribution >= 4 is 34.2 Å². The highest BCUT2D eigenvalue weighted by Crippen LogP contribution is 2.24. The van der Waals surface area contributed by atoms with Gasteiger partial charge in [-0.25, -0.2) is 0 Å². The third-order valence-corrected chi connectivity index (χ3v) is 3.79. The third-order valence-electron chi connectivity index (χ3n) is 3.18. The molecule has 106 valence electrons.